The molecule has 0 aliphatic carbocycles. The average molecular weight is 372 g/mol. The van der Waals surface area contributed by atoms with Crippen LogP contribution in [0.3, 0.4) is 0 Å². The lowest BCUT2D eigenvalue weighted by molar-refractivity contribution is 0.0789. The van der Waals surface area contributed by atoms with E-state index in [1.807, 2.05) is 32.0 Å². The summed E-state index contributed by atoms with van der Waals surface area (Å²) >= 11 is 0. The zero-order valence-electron chi connectivity index (χ0n) is 15.2. The van der Waals surface area contributed by atoms with Crippen LogP contribution in [0.1, 0.15) is 41.3 Å². The molecule has 1 amide bonds. The molecule has 0 spiro atoms. The van der Waals surface area contributed by atoms with E-state index in [1.165, 1.54) is 6.07 Å². The normalized spacial score (nSPS) is 14.5. The quantitative estimate of drug-likeness (QED) is 0.872. The van der Waals surface area contributed by atoms with Crippen LogP contribution in [0.2, 0.25) is 0 Å². The molecule has 1 N–H and O–H groups in total. The summed E-state index contributed by atoms with van der Waals surface area (Å²) in [5.74, 6) is -0.219. The van der Waals surface area contributed by atoms with Gasteiger partial charge in [0.25, 0.3) is 15.9 Å². The summed E-state index contributed by atoms with van der Waals surface area (Å²) in [6, 6.07) is 12.1. The van der Waals surface area contributed by atoms with Gasteiger partial charge in [0.15, 0.2) is 0 Å². The van der Waals surface area contributed by atoms with Gasteiger partial charge in [0, 0.05) is 13.1 Å². The molecule has 26 heavy (non-hydrogen) atoms. The number of rotatable bonds is 5. The third-order valence-corrected chi connectivity index (χ3v) is 6.18. The Morgan fingerprint density at radius 1 is 1.08 bits per heavy atom. The zero-order valence-corrected chi connectivity index (χ0v) is 16.0. The van der Waals surface area contributed by atoms with Gasteiger partial charge in [-0.3, -0.25) is 9.52 Å². The molecule has 1 aliphatic rings. The summed E-state index contributed by atoms with van der Waals surface area (Å²) in [6.45, 7) is 5.21. The first-order valence-electron chi connectivity index (χ1n) is 8.93. The molecule has 6 heteroatoms. The van der Waals surface area contributed by atoms with Crippen LogP contribution in [0.25, 0.3) is 0 Å². The lowest BCUT2D eigenvalue weighted by Gasteiger charge is -2.19. The Morgan fingerprint density at radius 2 is 1.77 bits per heavy atom. The van der Waals surface area contributed by atoms with Crippen molar-refractivity contribution in [2.45, 2.75) is 38.0 Å². The molecule has 0 saturated carbocycles. The Labute approximate surface area is 155 Å². The minimum absolute atomic E-state index is 0.0298. The fourth-order valence-electron chi connectivity index (χ4n) is 3.33. The van der Waals surface area contributed by atoms with Crippen molar-refractivity contribution in [3.8, 4) is 0 Å². The van der Waals surface area contributed by atoms with Gasteiger partial charge in [-0.1, -0.05) is 37.3 Å². The number of amides is 1. The first-order chi connectivity index (χ1) is 12.4. The maximum absolute atomic E-state index is 13.1. The minimum Gasteiger partial charge on any atom is -0.339 e. The third-order valence-electron chi connectivity index (χ3n) is 4.78. The lowest BCUT2D eigenvalue weighted by Crippen LogP contribution is -2.29. The van der Waals surface area contributed by atoms with Crippen LogP contribution < -0.4 is 4.72 Å². The van der Waals surface area contributed by atoms with Crippen molar-refractivity contribution in [3.63, 3.8) is 0 Å². The van der Waals surface area contributed by atoms with Crippen molar-refractivity contribution in [2.24, 2.45) is 0 Å². The highest BCUT2D eigenvalue weighted by molar-refractivity contribution is 7.92. The highest BCUT2D eigenvalue weighted by atomic mass is 32.2. The topological polar surface area (TPSA) is 66.5 Å². The number of sulfonamides is 1. The number of likely N-dealkylation sites (tertiary alicyclic amines) is 1. The van der Waals surface area contributed by atoms with Gasteiger partial charge in [-0.05, 0) is 49.4 Å². The number of carbonyl (C=O) groups is 1. The van der Waals surface area contributed by atoms with Gasteiger partial charge in [0.2, 0.25) is 0 Å². The largest absolute Gasteiger partial charge is 0.339 e. The molecule has 2 aromatic carbocycles. The maximum atomic E-state index is 13.1. The van der Waals surface area contributed by atoms with Crippen molar-refractivity contribution in [1.29, 1.82) is 0 Å². The molecule has 3 rings (SSSR count). The summed E-state index contributed by atoms with van der Waals surface area (Å²) in [7, 11) is -3.87. The Morgan fingerprint density at radius 3 is 2.46 bits per heavy atom. The predicted molar refractivity (Wildman–Crippen MR) is 103 cm³/mol. The van der Waals surface area contributed by atoms with E-state index in [0.29, 0.717) is 25.2 Å². The van der Waals surface area contributed by atoms with Crippen molar-refractivity contribution >= 4 is 21.6 Å². The number of carbonyl (C=O) groups excluding carboxylic acids is 1. The lowest BCUT2D eigenvalue weighted by atomic mass is 10.1. The molecule has 1 fully saturated rings. The maximum Gasteiger partial charge on any atom is 0.262 e. The van der Waals surface area contributed by atoms with Gasteiger partial charge in [-0.2, -0.15) is 0 Å². The second kappa shape index (κ2) is 7.50. The Hall–Kier alpha value is -2.34. The van der Waals surface area contributed by atoms with Gasteiger partial charge in [0.05, 0.1) is 11.3 Å². The van der Waals surface area contributed by atoms with Gasteiger partial charge in [-0.25, -0.2) is 8.42 Å². The van der Waals surface area contributed by atoms with Crippen molar-refractivity contribution in [3.05, 3.63) is 59.2 Å². The fraction of sp³-hybridized carbons (Fsp3) is 0.350. The molecule has 1 saturated heterocycles. The Balaban J connectivity index is 2.00. The van der Waals surface area contributed by atoms with E-state index in [-0.39, 0.29) is 16.4 Å². The molecule has 0 bridgehead atoms. The summed E-state index contributed by atoms with van der Waals surface area (Å²) in [5.41, 5.74) is 2.61. The van der Waals surface area contributed by atoms with Crippen LogP contribution in [-0.2, 0) is 16.4 Å². The van der Waals surface area contributed by atoms with Gasteiger partial charge >= 0.3 is 0 Å². The van der Waals surface area contributed by atoms with Crippen molar-refractivity contribution in [2.75, 3.05) is 17.8 Å². The van der Waals surface area contributed by atoms with E-state index in [1.54, 1.807) is 23.1 Å². The second-order valence-electron chi connectivity index (χ2n) is 6.56. The number of hydrogen-bond acceptors (Lipinski definition) is 3. The fourth-order valence-corrected chi connectivity index (χ4v) is 4.70. The van der Waals surface area contributed by atoms with Crippen LogP contribution in [0.5, 0.6) is 0 Å². The van der Waals surface area contributed by atoms with Gasteiger partial charge in [0.1, 0.15) is 4.90 Å². The number of nitrogens with one attached hydrogen (secondary N) is 1. The first-order valence-corrected chi connectivity index (χ1v) is 10.4. The Bertz CT molecular complexity index is 916. The molecule has 5 nitrogen and oxygen atoms in total. The van der Waals surface area contributed by atoms with Crippen LogP contribution >= 0.6 is 0 Å². The number of benzene rings is 2. The summed E-state index contributed by atoms with van der Waals surface area (Å²) in [6.07, 6.45) is 2.64. The standard InChI is InChI=1S/C20H24N2O3S/c1-3-16-10-8-9-15(2)19(16)21-26(24,25)18-12-5-4-11-17(18)20(23)22-13-6-7-14-22/h4-5,8-12,21H,3,6-7,13-14H2,1-2H3. The van der Waals surface area contributed by atoms with E-state index in [2.05, 4.69) is 4.72 Å². The van der Waals surface area contributed by atoms with Crippen molar-refractivity contribution < 1.29 is 13.2 Å². The molecule has 0 atom stereocenters. The summed E-state index contributed by atoms with van der Waals surface area (Å²) < 4.78 is 28.9. The third kappa shape index (κ3) is 3.60. The zero-order chi connectivity index (χ0) is 18.7. The van der Waals surface area contributed by atoms with E-state index < -0.39 is 10.0 Å². The van der Waals surface area contributed by atoms with Gasteiger partial charge < -0.3 is 4.90 Å². The van der Waals surface area contributed by atoms with E-state index >= 15 is 0 Å². The number of hydrogen-bond donors (Lipinski definition) is 1. The molecule has 0 aromatic heterocycles. The molecular formula is C20H24N2O3S. The monoisotopic (exact) mass is 372 g/mol. The highest BCUT2D eigenvalue weighted by Crippen LogP contribution is 2.27. The number of para-hydroxylation sites is 1. The average Bonchev–Trinajstić information content (AvgIpc) is 3.17. The molecule has 138 valence electrons. The Kier molecular flexibility index (Phi) is 5.32. The van der Waals surface area contributed by atoms with E-state index in [0.717, 1.165) is 24.0 Å². The van der Waals surface area contributed by atoms with Crippen LogP contribution in [-0.4, -0.2) is 32.3 Å². The summed E-state index contributed by atoms with van der Waals surface area (Å²) in [4.78, 5) is 14.5. The molecule has 0 radical (unpaired) electrons. The molecule has 2 aromatic rings. The molecule has 1 aliphatic heterocycles. The van der Waals surface area contributed by atoms with Crippen LogP contribution in [0.4, 0.5) is 5.69 Å². The molecule has 0 unspecified atom stereocenters. The van der Waals surface area contributed by atoms with E-state index in [4.69, 9.17) is 0 Å². The van der Waals surface area contributed by atoms with Gasteiger partial charge in [-0.15, -0.1) is 0 Å². The van der Waals surface area contributed by atoms with E-state index in [9.17, 15) is 13.2 Å². The smallest absolute Gasteiger partial charge is 0.262 e. The number of nitrogens with zero attached hydrogens (tertiary/aromatic N) is 1. The minimum atomic E-state index is -3.87. The molecule has 1 heterocycles. The first kappa shape index (κ1) is 18.5. The predicted octanol–water partition coefficient (Wildman–Crippen LogP) is 3.59. The summed E-state index contributed by atoms with van der Waals surface area (Å²) in [5, 5.41) is 0. The van der Waals surface area contributed by atoms with Crippen LogP contribution in [0.15, 0.2) is 47.4 Å². The van der Waals surface area contributed by atoms with Crippen molar-refractivity contribution in [1.82, 2.24) is 4.90 Å². The number of anilines is 1. The molecular weight excluding hydrogens is 348 g/mol. The number of aryl methyl sites for hydroxylation is 2. The van der Waals surface area contributed by atoms with Crippen LogP contribution in [0, 0.1) is 6.92 Å². The highest BCUT2D eigenvalue weighted by Gasteiger charge is 2.27. The SMILES string of the molecule is CCc1cccc(C)c1NS(=O)(=O)c1ccccc1C(=O)N1CCCC1. The second-order valence-corrected chi connectivity index (χ2v) is 8.21.